The molecular weight excluding hydrogens is 299 g/mol. The van der Waals surface area contributed by atoms with E-state index in [9.17, 15) is 9.18 Å². The van der Waals surface area contributed by atoms with Gasteiger partial charge in [0.25, 0.3) is 5.91 Å². The van der Waals surface area contributed by atoms with Crippen molar-refractivity contribution in [2.45, 2.75) is 6.92 Å². The number of rotatable bonds is 3. The van der Waals surface area contributed by atoms with Gasteiger partial charge < -0.3 is 10.6 Å². The van der Waals surface area contributed by atoms with E-state index in [1.54, 1.807) is 6.07 Å². The molecule has 1 aliphatic rings. The number of nitrogens with zero attached hydrogens (tertiary/aromatic N) is 1. The van der Waals surface area contributed by atoms with E-state index in [4.69, 9.17) is 5.73 Å². The van der Waals surface area contributed by atoms with E-state index in [0.29, 0.717) is 23.3 Å². The Morgan fingerprint density at radius 3 is 2.86 bits per heavy atom. The molecule has 2 N–H and O–H groups in total. The summed E-state index contributed by atoms with van der Waals surface area (Å²) in [6.45, 7) is 4.24. The molecule has 2 aromatic rings. The Labute approximate surface area is 133 Å². The molecule has 1 saturated heterocycles. The number of hydrogen-bond acceptors (Lipinski definition) is 3. The first-order valence-corrected chi connectivity index (χ1v) is 8.25. The Morgan fingerprint density at radius 1 is 1.36 bits per heavy atom. The van der Waals surface area contributed by atoms with E-state index >= 15 is 0 Å². The summed E-state index contributed by atoms with van der Waals surface area (Å²) in [4.78, 5) is 16.1. The molecule has 0 radical (unpaired) electrons. The molecule has 0 aliphatic carbocycles. The lowest BCUT2D eigenvalue weighted by Gasteiger charge is -2.14. The van der Waals surface area contributed by atoms with Gasteiger partial charge in [-0.15, -0.1) is 11.3 Å². The normalized spacial score (nSPS) is 21.3. The summed E-state index contributed by atoms with van der Waals surface area (Å²) in [5, 5.41) is 0. The van der Waals surface area contributed by atoms with Gasteiger partial charge in [-0.3, -0.25) is 4.79 Å². The summed E-state index contributed by atoms with van der Waals surface area (Å²) in [5.41, 5.74) is 6.55. The van der Waals surface area contributed by atoms with Crippen LogP contribution in [0, 0.1) is 17.7 Å². The molecule has 116 valence electrons. The van der Waals surface area contributed by atoms with Gasteiger partial charge in [-0.1, -0.05) is 19.1 Å². The minimum Gasteiger partial charge on any atom is -0.337 e. The number of carbonyl (C=O) groups excluding carboxylic acids is 1. The van der Waals surface area contributed by atoms with Gasteiger partial charge in [-0.2, -0.15) is 0 Å². The molecule has 3 nitrogen and oxygen atoms in total. The van der Waals surface area contributed by atoms with Crippen molar-refractivity contribution in [3.63, 3.8) is 0 Å². The molecule has 0 spiro atoms. The van der Waals surface area contributed by atoms with E-state index < -0.39 is 0 Å². The smallest absolute Gasteiger partial charge is 0.263 e. The molecule has 3 rings (SSSR count). The van der Waals surface area contributed by atoms with E-state index in [1.165, 1.54) is 23.5 Å². The lowest BCUT2D eigenvalue weighted by molar-refractivity contribution is 0.0789. The standard InChI is InChI=1S/C17H19FN2OS/c1-11-9-20(10-13(11)8-19)17(21)16-6-5-15(22-16)12-3-2-4-14(18)7-12/h2-7,11,13H,8-10,19H2,1H3. The van der Waals surface area contributed by atoms with Crippen LogP contribution in [0.4, 0.5) is 4.39 Å². The second-order valence-electron chi connectivity index (χ2n) is 5.86. The number of thiophene rings is 1. The maximum Gasteiger partial charge on any atom is 0.263 e. The van der Waals surface area contributed by atoms with Crippen molar-refractivity contribution in [2.75, 3.05) is 19.6 Å². The van der Waals surface area contributed by atoms with Crippen LogP contribution >= 0.6 is 11.3 Å². The van der Waals surface area contributed by atoms with Gasteiger partial charge in [0, 0.05) is 18.0 Å². The molecule has 1 fully saturated rings. The summed E-state index contributed by atoms with van der Waals surface area (Å²) in [5.74, 6) is 0.608. The summed E-state index contributed by atoms with van der Waals surface area (Å²) in [6, 6.07) is 10.1. The lowest BCUT2D eigenvalue weighted by atomic mass is 9.99. The van der Waals surface area contributed by atoms with Crippen molar-refractivity contribution < 1.29 is 9.18 Å². The third kappa shape index (κ3) is 2.91. The van der Waals surface area contributed by atoms with E-state index in [0.717, 1.165) is 23.5 Å². The highest BCUT2D eigenvalue weighted by molar-refractivity contribution is 7.17. The third-order valence-electron chi connectivity index (χ3n) is 4.28. The molecule has 1 amide bonds. The van der Waals surface area contributed by atoms with Gasteiger partial charge in [0.05, 0.1) is 4.88 Å². The third-order valence-corrected chi connectivity index (χ3v) is 5.41. The molecule has 2 unspecified atom stereocenters. The molecule has 1 aromatic carbocycles. The van der Waals surface area contributed by atoms with Crippen molar-refractivity contribution in [3.05, 3.63) is 47.1 Å². The number of nitrogens with two attached hydrogens (primary N) is 1. The average molecular weight is 318 g/mol. The molecule has 0 bridgehead atoms. The predicted octanol–water partition coefficient (Wildman–Crippen LogP) is 3.22. The fourth-order valence-corrected chi connectivity index (χ4v) is 3.88. The van der Waals surface area contributed by atoms with Crippen molar-refractivity contribution in [1.29, 1.82) is 0 Å². The Morgan fingerprint density at radius 2 is 2.18 bits per heavy atom. The van der Waals surface area contributed by atoms with E-state index in [-0.39, 0.29) is 11.7 Å². The van der Waals surface area contributed by atoms with Gasteiger partial charge in [-0.05, 0) is 48.2 Å². The van der Waals surface area contributed by atoms with Crippen molar-refractivity contribution in [1.82, 2.24) is 4.90 Å². The summed E-state index contributed by atoms with van der Waals surface area (Å²) >= 11 is 1.41. The zero-order valence-electron chi connectivity index (χ0n) is 12.5. The first kappa shape index (κ1) is 15.2. The zero-order valence-corrected chi connectivity index (χ0v) is 13.3. The minimum absolute atomic E-state index is 0.0513. The van der Waals surface area contributed by atoms with Crippen LogP contribution in [0.15, 0.2) is 36.4 Å². The molecular formula is C17H19FN2OS. The van der Waals surface area contributed by atoms with Gasteiger partial charge >= 0.3 is 0 Å². The summed E-state index contributed by atoms with van der Waals surface area (Å²) in [6.07, 6.45) is 0. The molecule has 1 aliphatic heterocycles. The molecule has 5 heteroatoms. The van der Waals surface area contributed by atoms with Crippen LogP contribution in [-0.2, 0) is 0 Å². The highest BCUT2D eigenvalue weighted by atomic mass is 32.1. The topological polar surface area (TPSA) is 46.3 Å². The molecule has 1 aromatic heterocycles. The van der Waals surface area contributed by atoms with Gasteiger partial charge in [0.2, 0.25) is 0 Å². The van der Waals surface area contributed by atoms with Crippen LogP contribution in [0.25, 0.3) is 10.4 Å². The number of benzene rings is 1. The Kier molecular flexibility index (Phi) is 4.27. The van der Waals surface area contributed by atoms with E-state index in [1.807, 2.05) is 23.1 Å². The monoisotopic (exact) mass is 318 g/mol. The van der Waals surface area contributed by atoms with Crippen molar-refractivity contribution >= 4 is 17.2 Å². The highest BCUT2D eigenvalue weighted by Crippen LogP contribution is 2.31. The molecule has 2 atom stereocenters. The highest BCUT2D eigenvalue weighted by Gasteiger charge is 2.32. The predicted molar refractivity (Wildman–Crippen MR) is 87.3 cm³/mol. The van der Waals surface area contributed by atoms with Crippen LogP contribution in [-0.4, -0.2) is 30.4 Å². The number of carbonyl (C=O) groups is 1. The Balaban J connectivity index is 1.78. The first-order valence-electron chi connectivity index (χ1n) is 7.43. The van der Waals surface area contributed by atoms with Crippen molar-refractivity contribution in [2.24, 2.45) is 17.6 Å². The molecule has 2 heterocycles. The van der Waals surface area contributed by atoms with Crippen LogP contribution in [0.3, 0.4) is 0 Å². The number of likely N-dealkylation sites (tertiary alicyclic amines) is 1. The zero-order chi connectivity index (χ0) is 15.7. The van der Waals surface area contributed by atoms with Crippen LogP contribution < -0.4 is 5.73 Å². The first-order chi connectivity index (χ1) is 10.6. The van der Waals surface area contributed by atoms with Gasteiger partial charge in [0.15, 0.2) is 0 Å². The number of halogens is 1. The number of hydrogen-bond donors (Lipinski definition) is 1. The Bertz CT molecular complexity index is 685. The largest absolute Gasteiger partial charge is 0.337 e. The van der Waals surface area contributed by atoms with Crippen molar-refractivity contribution in [3.8, 4) is 10.4 Å². The fourth-order valence-electron chi connectivity index (χ4n) is 2.91. The van der Waals surface area contributed by atoms with Gasteiger partial charge in [-0.25, -0.2) is 4.39 Å². The fraction of sp³-hybridized carbons (Fsp3) is 0.353. The molecule has 22 heavy (non-hydrogen) atoms. The minimum atomic E-state index is -0.266. The quantitative estimate of drug-likeness (QED) is 0.944. The second kappa shape index (κ2) is 6.18. The maximum absolute atomic E-state index is 13.3. The van der Waals surface area contributed by atoms with Gasteiger partial charge in [0.1, 0.15) is 5.82 Å². The van der Waals surface area contributed by atoms with Crippen LogP contribution in [0.5, 0.6) is 0 Å². The van der Waals surface area contributed by atoms with Crippen LogP contribution in [0.2, 0.25) is 0 Å². The molecule has 0 saturated carbocycles. The average Bonchev–Trinajstić information content (AvgIpc) is 3.13. The maximum atomic E-state index is 13.3. The van der Waals surface area contributed by atoms with Crippen LogP contribution in [0.1, 0.15) is 16.6 Å². The van der Waals surface area contributed by atoms with E-state index in [2.05, 4.69) is 6.92 Å². The Hall–Kier alpha value is -1.72. The number of amides is 1. The summed E-state index contributed by atoms with van der Waals surface area (Å²) < 4.78 is 13.3. The second-order valence-corrected chi connectivity index (χ2v) is 6.94. The lowest BCUT2D eigenvalue weighted by Crippen LogP contribution is -2.29. The SMILES string of the molecule is CC1CN(C(=O)c2ccc(-c3cccc(F)c3)s2)CC1CN. The summed E-state index contributed by atoms with van der Waals surface area (Å²) in [7, 11) is 0.